The first-order valence-electron chi connectivity index (χ1n) is 8.67. The van der Waals surface area contributed by atoms with Crippen LogP contribution in [0.4, 0.5) is 0 Å². The van der Waals surface area contributed by atoms with Gasteiger partial charge in [-0.05, 0) is 67.2 Å². The lowest BCUT2D eigenvalue weighted by molar-refractivity contribution is -0.662. The summed E-state index contributed by atoms with van der Waals surface area (Å²) in [5, 5.41) is 1.12. The molecule has 0 N–H and O–H groups in total. The van der Waals surface area contributed by atoms with Gasteiger partial charge >= 0.3 is 0 Å². The molecule has 4 heteroatoms. The molecule has 0 amide bonds. The van der Waals surface area contributed by atoms with E-state index in [4.69, 9.17) is 0 Å². The molecule has 0 aliphatic heterocycles. The van der Waals surface area contributed by atoms with Crippen molar-refractivity contribution in [3.05, 3.63) is 71.9 Å². The molecule has 26 heavy (non-hydrogen) atoms. The summed E-state index contributed by atoms with van der Waals surface area (Å²) < 4.78 is 2.10. The molecule has 0 bridgehead atoms. The molecule has 0 fully saturated rings. The number of fused-ring (bicyclic) bond motifs is 1. The van der Waals surface area contributed by atoms with Crippen LogP contribution in [0.25, 0.3) is 33.4 Å². The smallest absolute Gasteiger partial charge is 0.245 e. The monoisotopic (exact) mass is 341 g/mol. The molecule has 4 rings (SSSR count). The number of aryl methyl sites for hydroxylation is 3. The first-order valence-corrected chi connectivity index (χ1v) is 8.67. The summed E-state index contributed by atoms with van der Waals surface area (Å²) in [5.74, 6) is 0. The number of rotatable bonds is 2. The van der Waals surface area contributed by atoms with Gasteiger partial charge in [0.15, 0.2) is 5.52 Å². The van der Waals surface area contributed by atoms with Crippen molar-refractivity contribution in [2.75, 3.05) is 0 Å². The zero-order valence-corrected chi connectivity index (χ0v) is 15.5. The summed E-state index contributed by atoms with van der Waals surface area (Å²) >= 11 is 0. The minimum Gasteiger partial charge on any atom is -0.245 e. The molecule has 2 aromatic heterocycles. The van der Waals surface area contributed by atoms with E-state index in [-0.39, 0.29) is 0 Å². The molecule has 0 aliphatic carbocycles. The third-order valence-corrected chi connectivity index (χ3v) is 4.92. The second-order valence-corrected chi connectivity index (χ2v) is 6.79. The average molecular weight is 341 g/mol. The van der Waals surface area contributed by atoms with Gasteiger partial charge in [-0.1, -0.05) is 11.6 Å². The molecule has 2 heterocycles. The minimum atomic E-state index is 0.913. The van der Waals surface area contributed by atoms with E-state index in [0.717, 1.165) is 22.2 Å². The lowest BCUT2D eigenvalue weighted by Gasteiger charge is -2.13. The Bertz CT molecular complexity index is 1120. The summed E-state index contributed by atoms with van der Waals surface area (Å²) in [6.07, 6.45) is 5.24. The zero-order chi connectivity index (χ0) is 18.3. The van der Waals surface area contributed by atoms with Crippen LogP contribution in [-0.2, 0) is 7.05 Å². The fraction of sp³-hybridized carbons (Fsp3) is 0.182. The average Bonchev–Trinajstić information content (AvgIpc) is 2.65. The summed E-state index contributed by atoms with van der Waals surface area (Å²) in [6.45, 7) is 6.50. The SMILES string of the molecule is Cc1cc(C)c(C)c(-c2c3cc(-c4ccncn4)ccc3nc[n+]2C)c1. The minimum absolute atomic E-state index is 0.913. The van der Waals surface area contributed by atoms with E-state index in [0.29, 0.717) is 0 Å². The van der Waals surface area contributed by atoms with Crippen LogP contribution in [-0.4, -0.2) is 15.0 Å². The van der Waals surface area contributed by atoms with Gasteiger partial charge in [0.1, 0.15) is 12.0 Å². The van der Waals surface area contributed by atoms with Crippen LogP contribution in [0.3, 0.4) is 0 Å². The van der Waals surface area contributed by atoms with Gasteiger partial charge in [-0.15, -0.1) is 0 Å². The molecule has 2 aromatic carbocycles. The predicted octanol–water partition coefficient (Wildman–Crippen LogP) is 4.11. The van der Waals surface area contributed by atoms with Gasteiger partial charge in [0.2, 0.25) is 0 Å². The van der Waals surface area contributed by atoms with Gasteiger partial charge in [0.05, 0.1) is 18.1 Å². The van der Waals surface area contributed by atoms with Crippen LogP contribution in [0.5, 0.6) is 0 Å². The van der Waals surface area contributed by atoms with Gasteiger partial charge in [0, 0.05) is 17.3 Å². The summed E-state index contributed by atoms with van der Waals surface area (Å²) in [6, 6.07) is 12.7. The molecule has 4 aromatic rings. The first kappa shape index (κ1) is 16.3. The maximum atomic E-state index is 4.61. The lowest BCUT2D eigenvalue weighted by Crippen LogP contribution is -2.32. The van der Waals surface area contributed by atoms with Gasteiger partial charge in [-0.2, -0.15) is 0 Å². The second-order valence-electron chi connectivity index (χ2n) is 6.79. The molecule has 128 valence electrons. The fourth-order valence-corrected chi connectivity index (χ4v) is 3.48. The third kappa shape index (κ3) is 2.73. The van der Waals surface area contributed by atoms with Crippen LogP contribution >= 0.6 is 0 Å². The summed E-state index contributed by atoms with van der Waals surface area (Å²) in [7, 11) is 2.05. The number of hydrogen-bond acceptors (Lipinski definition) is 3. The molecular weight excluding hydrogens is 320 g/mol. The molecule has 0 saturated carbocycles. The van der Waals surface area contributed by atoms with Crippen LogP contribution in [0.15, 0.2) is 55.2 Å². The quantitative estimate of drug-likeness (QED) is 0.515. The highest BCUT2D eigenvalue weighted by Gasteiger charge is 2.18. The molecular formula is C22H21N4+. The van der Waals surface area contributed by atoms with Crippen molar-refractivity contribution in [3.63, 3.8) is 0 Å². The van der Waals surface area contributed by atoms with E-state index in [1.807, 2.05) is 12.4 Å². The van der Waals surface area contributed by atoms with E-state index in [1.54, 1.807) is 12.5 Å². The maximum Gasteiger partial charge on any atom is 0.287 e. The van der Waals surface area contributed by atoms with E-state index in [9.17, 15) is 0 Å². The fourth-order valence-electron chi connectivity index (χ4n) is 3.48. The Hall–Kier alpha value is -3.14. The highest BCUT2D eigenvalue weighted by atomic mass is 15.0. The van der Waals surface area contributed by atoms with Crippen molar-refractivity contribution >= 4 is 10.9 Å². The molecule has 0 saturated heterocycles. The van der Waals surface area contributed by atoms with Crippen LogP contribution < -0.4 is 4.57 Å². The molecule has 0 radical (unpaired) electrons. The normalized spacial score (nSPS) is 11.1. The Morgan fingerprint density at radius 3 is 2.54 bits per heavy atom. The largest absolute Gasteiger partial charge is 0.287 e. The molecule has 0 spiro atoms. The van der Waals surface area contributed by atoms with Crippen molar-refractivity contribution in [3.8, 4) is 22.5 Å². The third-order valence-electron chi connectivity index (χ3n) is 4.92. The van der Waals surface area contributed by atoms with Crippen LogP contribution in [0, 0.1) is 20.8 Å². The van der Waals surface area contributed by atoms with Crippen molar-refractivity contribution in [1.82, 2.24) is 15.0 Å². The van der Waals surface area contributed by atoms with Crippen molar-refractivity contribution < 1.29 is 4.57 Å². The Balaban J connectivity index is 2.04. The van der Waals surface area contributed by atoms with Gasteiger partial charge < -0.3 is 0 Å². The summed E-state index contributed by atoms with van der Waals surface area (Å²) in [4.78, 5) is 13.0. The molecule has 0 atom stereocenters. The van der Waals surface area contributed by atoms with Crippen molar-refractivity contribution in [2.45, 2.75) is 20.8 Å². The van der Waals surface area contributed by atoms with Crippen LogP contribution in [0.2, 0.25) is 0 Å². The van der Waals surface area contributed by atoms with E-state index in [2.05, 4.69) is 77.7 Å². The van der Waals surface area contributed by atoms with E-state index < -0.39 is 0 Å². The van der Waals surface area contributed by atoms with Gasteiger partial charge in [-0.25, -0.2) is 14.5 Å². The molecule has 0 aliphatic rings. The van der Waals surface area contributed by atoms with Crippen molar-refractivity contribution in [1.29, 1.82) is 0 Å². The topological polar surface area (TPSA) is 42.6 Å². The van der Waals surface area contributed by atoms with Crippen LogP contribution in [0.1, 0.15) is 16.7 Å². The van der Waals surface area contributed by atoms with Crippen molar-refractivity contribution in [2.24, 2.45) is 7.05 Å². The van der Waals surface area contributed by atoms with E-state index >= 15 is 0 Å². The summed E-state index contributed by atoms with van der Waals surface area (Å²) in [5.41, 5.74) is 9.25. The molecule has 4 nitrogen and oxygen atoms in total. The zero-order valence-electron chi connectivity index (χ0n) is 15.5. The Kier molecular flexibility index (Phi) is 3.96. The Morgan fingerprint density at radius 2 is 1.77 bits per heavy atom. The van der Waals surface area contributed by atoms with Gasteiger partial charge in [-0.3, -0.25) is 0 Å². The number of hydrogen-bond donors (Lipinski definition) is 0. The maximum absolute atomic E-state index is 4.61. The number of benzene rings is 2. The lowest BCUT2D eigenvalue weighted by atomic mass is 9.95. The predicted molar refractivity (Wildman–Crippen MR) is 104 cm³/mol. The number of aromatic nitrogens is 4. The standard InChI is InChI=1S/C22H21N4/c1-14-9-15(2)16(3)18(10-14)22-19-11-17(20-7-8-23-12-24-20)5-6-21(19)25-13-26(22)4/h5-13H,1-4H3/q+1. The first-order chi connectivity index (χ1) is 12.5. The van der Waals surface area contributed by atoms with Gasteiger partial charge in [0.25, 0.3) is 6.33 Å². The van der Waals surface area contributed by atoms with E-state index in [1.165, 1.54) is 27.9 Å². The molecule has 0 unspecified atom stereocenters. The number of nitrogens with zero attached hydrogens (tertiary/aromatic N) is 4. The highest BCUT2D eigenvalue weighted by molar-refractivity contribution is 5.94. The Labute approximate surface area is 153 Å². The second kappa shape index (κ2) is 6.30. The Morgan fingerprint density at radius 1 is 0.923 bits per heavy atom. The highest BCUT2D eigenvalue weighted by Crippen LogP contribution is 2.31.